The first-order valence-corrected chi connectivity index (χ1v) is 11.8. The van der Waals surface area contributed by atoms with Crippen LogP contribution in [0.15, 0.2) is 48.5 Å². The summed E-state index contributed by atoms with van der Waals surface area (Å²) in [5, 5.41) is 15.5. The van der Waals surface area contributed by atoms with E-state index in [1.807, 2.05) is 24.3 Å². The predicted molar refractivity (Wildman–Crippen MR) is 123 cm³/mol. The summed E-state index contributed by atoms with van der Waals surface area (Å²) in [7, 11) is 0. The fourth-order valence-electron chi connectivity index (χ4n) is 5.95. The third-order valence-corrected chi connectivity index (χ3v) is 7.97. The second kappa shape index (κ2) is 8.32. The van der Waals surface area contributed by atoms with Gasteiger partial charge >= 0.3 is 0 Å². The molecule has 2 atom stereocenters. The van der Waals surface area contributed by atoms with Gasteiger partial charge in [-0.25, -0.2) is 4.39 Å². The highest BCUT2D eigenvalue weighted by molar-refractivity contribution is 6.30. The minimum absolute atomic E-state index is 0.0125. The summed E-state index contributed by atoms with van der Waals surface area (Å²) in [5.74, 6) is -0.243. The van der Waals surface area contributed by atoms with Gasteiger partial charge in [-0.1, -0.05) is 36.6 Å². The summed E-state index contributed by atoms with van der Waals surface area (Å²) >= 11 is 6.08. The average molecular weight is 458 g/mol. The number of nitrogens with one attached hydrogen (secondary N) is 1. The van der Waals surface area contributed by atoms with Gasteiger partial charge in [-0.05, 0) is 67.6 Å². The monoisotopic (exact) mass is 457 g/mol. The number of piperidine rings is 1. The fraction of sp³-hybridized carbons (Fsp3) is 0.480. The van der Waals surface area contributed by atoms with Gasteiger partial charge in [-0.15, -0.1) is 0 Å². The van der Waals surface area contributed by atoms with Crippen LogP contribution in [0.1, 0.15) is 44.1 Å². The Labute approximate surface area is 193 Å². The number of anilines is 1. The van der Waals surface area contributed by atoms with Crippen LogP contribution in [-0.4, -0.2) is 47.3 Å². The van der Waals surface area contributed by atoms with Crippen molar-refractivity contribution in [3.63, 3.8) is 0 Å². The van der Waals surface area contributed by atoms with Crippen LogP contribution < -0.4 is 10.2 Å². The van der Waals surface area contributed by atoms with Crippen LogP contribution >= 0.6 is 11.6 Å². The third-order valence-electron chi connectivity index (χ3n) is 7.72. The molecule has 5 rings (SSSR count). The summed E-state index contributed by atoms with van der Waals surface area (Å²) < 4.78 is 13.4. The molecule has 0 unspecified atom stereocenters. The number of hydrogen-bond donors (Lipinski definition) is 2. The number of amides is 1. The molecule has 2 N–H and O–H groups in total. The first-order chi connectivity index (χ1) is 15.4. The highest BCUT2D eigenvalue weighted by Gasteiger charge is 2.53. The van der Waals surface area contributed by atoms with E-state index < -0.39 is 11.1 Å². The number of carbonyl (C=O) groups is 1. The van der Waals surface area contributed by atoms with E-state index in [4.69, 9.17) is 11.6 Å². The molecule has 170 valence electrons. The van der Waals surface area contributed by atoms with Gasteiger partial charge in [0, 0.05) is 29.8 Å². The number of aliphatic hydroxyl groups is 1. The number of carbonyl (C=O) groups excluding carboxylic acids is 1. The lowest BCUT2D eigenvalue weighted by Crippen LogP contribution is -2.61. The number of likely N-dealkylation sites (tertiary alicyclic amines) is 1. The Balaban J connectivity index is 1.37. The minimum Gasteiger partial charge on any atom is -0.384 e. The Bertz CT molecular complexity index is 976. The van der Waals surface area contributed by atoms with Gasteiger partial charge in [-0.2, -0.15) is 0 Å². The average Bonchev–Trinajstić information content (AvgIpc) is 3.11. The maximum absolute atomic E-state index is 13.4. The standard InChI is InChI=1S/C25H29ClFN3O2/c26-19-6-4-18(5-7-19)25(32)12-2-1-3-22(25)29-15-13-24(14-16-29)23(31)28-17-30(24)21-10-8-20(27)9-11-21/h4-11,22,32H,1-3,12-17H2,(H,28,31)/t22-,25+/m1/s1. The molecule has 1 saturated carbocycles. The second-order valence-corrected chi connectivity index (χ2v) is 9.77. The van der Waals surface area contributed by atoms with Crippen molar-refractivity contribution in [3.8, 4) is 0 Å². The molecule has 3 fully saturated rings. The van der Waals surface area contributed by atoms with Gasteiger partial charge in [0.2, 0.25) is 5.91 Å². The molecule has 1 amide bonds. The van der Waals surface area contributed by atoms with Gasteiger partial charge in [0.1, 0.15) is 17.0 Å². The normalized spacial score (nSPS) is 28.2. The number of halogens is 2. The van der Waals surface area contributed by atoms with E-state index in [9.17, 15) is 14.3 Å². The van der Waals surface area contributed by atoms with Crippen LogP contribution in [0.4, 0.5) is 10.1 Å². The largest absolute Gasteiger partial charge is 0.384 e. The van der Waals surface area contributed by atoms with E-state index >= 15 is 0 Å². The van der Waals surface area contributed by atoms with E-state index in [0.29, 0.717) is 24.5 Å². The quantitative estimate of drug-likeness (QED) is 0.730. The fourth-order valence-corrected chi connectivity index (χ4v) is 6.07. The first kappa shape index (κ1) is 21.7. The summed E-state index contributed by atoms with van der Waals surface area (Å²) in [6, 6.07) is 13.9. The zero-order valence-corrected chi connectivity index (χ0v) is 18.8. The molecule has 5 nitrogen and oxygen atoms in total. The zero-order chi connectivity index (χ0) is 22.3. The molecule has 2 heterocycles. The summed E-state index contributed by atoms with van der Waals surface area (Å²) in [5.41, 5.74) is 0.232. The van der Waals surface area contributed by atoms with Gasteiger partial charge in [-0.3, -0.25) is 9.69 Å². The predicted octanol–water partition coefficient (Wildman–Crippen LogP) is 4.04. The van der Waals surface area contributed by atoms with E-state index in [2.05, 4.69) is 15.1 Å². The van der Waals surface area contributed by atoms with Gasteiger partial charge in [0.15, 0.2) is 0 Å². The van der Waals surface area contributed by atoms with Crippen molar-refractivity contribution < 1.29 is 14.3 Å². The van der Waals surface area contributed by atoms with Crippen molar-refractivity contribution in [1.82, 2.24) is 10.2 Å². The van der Waals surface area contributed by atoms with E-state index in [1.165, 1.54) is 12.1 Å². The van der Waals surface area contributed by atoms with Crippen molar-refractivity contribution >= 4 is 23.2 Å². The Morgan fingerprint density at radius 1 is 1.00 bits per heavy atom. The first-order valence-electron chi connectivity index (χ1n) is 11.5. The van der Waals surface area contributed by atoms with E-state index in [-0.39, 0.29) is 17.8 Å². The van der Waals surface area contributed by atoms with Gasteiger partial charge < -0.3 is 15.3 Å². The molecule has 2 aliphatic heterocycles. The summed E-state index contributed by atoms with van der Waals surface area (Å²) in [6.07, 6.45) is 5.08. The number of nitrogens with zero attached hydrogens (tertiary/aromatic N) is 2. The lowest BCUT2D eigenvalue weighted by Gasteiger charge is -2.51. The van der Waals surface area contributed by atoms with Crippen LogP contribution in [0.25, 0.3) is 0 Å². The number of benzene rings is 2. The van der Waals surface area contributed by atoms with E-state index in [1.54, 1.807) is 12.1 Å². The Morgan fingerprint density at radius 2 is 1.69 bits per heavy atom. The molecule has 0 radical (unpaired) electrons. The molecule has 2 aromatic rings. The molecule has 1 spiro atoms. The lowest BCUT2D eigenvalue weighted by molar-refractivity contribution is -0.127. The minimum atomic E-state index is -0.915. The van der Waals surface area contributed by atoms with Crippen molar-refractivity contribution in [3.05, 3.63) is 64.9 Å². The Morgan fingerprint density at radius 3 is 2.38 bits per heavy atom. The van der Waals surface area contributed by atoms with Gasteiger partial charge in [0.05, 0.1) is 6.67 Å². The SMILES string of the molecule is O=C1NCN(c2ccc(F)cc2)C12CCN([C@@H]1CCCC[C@]1(O)c1ccc(Cl)cc1)CC2. The lowest BCUT2D eigenvalue weighted by atomic mass is 9.73. The van der Waals surface area contributed by atoms with Crippen LogP contribution in [-0.2, 0) is 10.4 Å². The highest BCUT2D eigenvalue weighted by atomic mass is 35.5. The second-order valence-electron chi connectivity index (χ2n) is 9.33. The number of rotatable bonds is 3. The zero-order valence-electron chi connectivity index (χ0n) is 18.1. The smallest absolute Gasteiger partial charge is 0.247 e. The molecule has 2 aromatic carbocycles. The number of hydrogen-bond acceptors (Lipinski definition) is 4. The third kappa shape index (κ3) is 3.58. The molecular formula is C25H29ClFN3O2. The van der Waals surface area contributed by atoms with Crippen LogP contribution in [0.5, 0.6) is 0 Å². The van der Waals surface area contributed by atoms with E-state index in [0.717, 1.165) is 50.0 Å². The molecule has 3 aliphatic rings. The highest BCUT2D eigenvalue weighted by Crippen LogP contribution is 2.43. The maximum Gasteiger partial charge on any atom is 0.247 e. The summed E-state index contributed by atoms with van der Waals surface area (Å²) in [4.78, 5) is 17.4. The molecule has 7 heteroatoms. The van der Waals surface area contributed by atoms with Crippen molar-refractivity contribution in [1.29, 1.82) is 0 Å². The molecule has 1 aliphatic carbocycles. The molecular weight excluding hydrogens is 429 g/mol. The maximum atomic E-state index is 13.4. The molecule has 0 bridgehead atoms. The van der Waals surface area contributed by atoms with Gasteiger partial charge in [0.25, 0.3) is 0 Å². The topological polar surface area (TPSA) is 55.8 Å². The Hall–Kier alpha value is -2.15. The Kier molecular flexibility index (Phi) is 5.64. The molecule has 32 heavy (non-hydrogen) atoms. The van der Waals surface area contributed by atoms with Crippen molar-refractivity contribution in [2.75, 3.05) is 24.7 Å². The van der Waals surface area contributed by atoms with Crippen molar-refractivity contribution in [2.24, 2.45) is 0 Å². The molecule has 0 aromatic heterocycles. The van der Waals surface area contributed by atoms with Crippen LogP contribution in [0.3, 0.4) is 0 Å². The summed E-state index contributed by atoms with van der Waals surface area (Å²) in [6.45, 7) is 1.89. The van der Waals surface area contributed by atoms with Crippen molar-refractivity contribution in [2.45, 2.75) is 55.7 Å². The molecule has 2 saturated heterocycles. The van der Waals surface area contributed by atoms with Crippen LogP contribution in [0.2, 0.25) is 5.02 Å². The van der Waals surface area contributed by atoms with Crippen LogP contribution in [0, 0.1) is 5.82 Å².